The minimum absolute atomic E-state index is 0. The van der Waals surface area contributed by atoms with E-state index in [-0.39, 0.29) is 50.9 Å². The summed E-state index contributed by atoms with van der Waals surface area (Å²) in [6.07, 6.45) is 0. The Hall–Kier alpha value is 1.11. The molecule has 4 N–H and O–H groups in total. The van der Waals surface area contributed by atoms with Crippen molar-refractivity contribution in [1.82, 2.24) is 0 Å². The Morgan fingerprint density at radius 2 is 1.00 bits per heavy atom. The second-order valence-corrected chi connectivity index (χ2v) is 1.22. The fraction of sp³-hybridized carbons (Fsp3) is 0. The van der Waals surface area contributed by atoms with Crippen molar-refractivity contribution in [3.05, 3.63) is 0 Å². The van der Waals surface area contributed by atoms with Gasteiger partial charge in [-0.3, -0.25) is 8.42 Å². The van der Waals surface area contributed by atoms with Gasteiger partial charge < -0.3 is 20.1 Å². The Morgan fingerprint density at radius 3 is 1.00 bits per heavy atom. The molecule has 0 heterocycles. The van der Waals surface area contributed by atoms with Gasteiger partial charge in [-0.2, -0.15) is 0 Å². The zero-order valence-electron chi connectivity index (χ0n) is 3.54. The normalized spacial score (nSPS) is 7.25. The molecular weight excluding hydrogens is 360 g/mol. The van der Waals surface area contributed by atoms with Gasteiger partial charge in [0.25, 0.3) is 0 Å². The van der Waals surface area contributed by atoms with Gasteiger partial charge in [0, 0.05) is 10.4 Å². The molecule has 0 rings (SSSR count). The van der Waals surface area contributed by atoms with E-state index in [1.807, 2.05) is 0 Å². The average Bonchev–Trinajstić information content (AvgIpc) is 0.722. The summed E-state index contributed by atoms with van der Waals surface area (Å²) < 4.78 is 34.1. The molecule has 0 bridgehead atoms. The van der Waals surface area contributed by atoms with Gasteiger partial charge in [0.1, 0.15) is 0 Å². The largest absolute Gasteiger partial charge is 4.00 e. The van der Waals surface area contributed by atoms with Gasteiger partial charge in [0.15, 0.2) is 0 Å². The Bertz CT molecular complexity index is 91.7. The van der Waals surface area contributed by atoms with Crippen LogP contribution >= 0.6 is 0 Å². The van der Waals surface area contributed by atoms with Gasteiger partial charge >= 0.3 is 39.9 Å². The fourth-order valence-electron chi connectivity index (χ4n) is 0. The molecule has 0 aromatic rings. The van der Waals surface area contributed by atoms with Gasteiger partial charge in [0.05, 0.1) is 0 Å². The summed E-state index contributed by atoms with van der Waals surface area (Å²) in [7, 11) is -5.17. The van der Waals surface area contributed by atoms with E-state index in [0.717, 1.165) is 0 Å². The van der Waals surface area contributed by atoms with Crippen LogP contribution < -0.4 is 0 Å². The maximum atomic E-state index is 8.52. The molecule has 0 saturated carbocycles. The van der Waals surface area contributed by atoms with E-state index in [9.17, 15) is 0 Å². The van der Waals surface area contributed by atoms with E-state index < -0.39 is 10.4 Å². The molecule has 48 valence electrons. The molecule has 0 aromatic heterocycles. The van der Waals surface area contributed by atoms with Crippen LogP contribution in [0.3, 0.4) is 0 Å². The van der Waals surface area contributed by atoms with Gasteiger partial charge in [-0.05, 0) is 0 Å². The molecule has 0 fully saturated rings. The van der Waals surface area contributed by atoms with Gasteiger partial charge in [0.2, 0.25) is 0 Å². The van der Waals surface area contributed by atoms with Crippen LogP contribution in [0.2, 0.25) is 0 Å². The van der Waals surface area contributed by atoms with Gasteiger partial charge in [-0.15, -0.1) is 0 Å². The van der Waals surface area contributed by atoms with Crippen molar-refractivity contribution in [2.24, 2.45) is 0 Å². The minimum atomic E-state index is -5.17. The zero-order chi connectivity index (χ0) is 4.50. The SMILES string of the molecule is O.O.O=S(=O)([O-])[O-].[Th+4]. The Kier molecular flexibility index (Phi) is 23.3. The van der Waals surface area contributed by atoms with E-state index in [1.54, 1.807) is 0 Å². The van der Waals surface area contributed by atoms with Crippen LogP contribution in [0.4, 0.5) is 0 Å². The molecule has 0 amide bonds. The summed E-state index contributed by atoms with van der Waals surface area (Å²) in [5, 5.41) is 0. The number of hydrogen-bond donors (Lipinski definition) is 0. The molecule has 0 aliphatic carbocycles. The summed E-state index contributed by atoms with van der Waals surface area (Å²) in [5.74, 6) is 0. The van der Waals surface area contributed by atoms with Crippen molar-refractivity contribution < 1.29 is 68.4 Å². The first-order valence-corrected chi connectivity index (χ1v) is 2.00. The Balaban J connectivity index is -0.0000000267. The van der Waals surface area contributed by atoms with Gasteiger partial charge in [-0.25, -0.2) is 0 Å². The fourth-order valence-corrected chi connectivity index (χ4v) is 0. The second-order valence-electron chi connectivity index (χ2n) is 0.408. The van der Waals surface area contributed by atoms with E-state index in [4.69, 9.17) is 17.5 Å². The van der Waals surface area contributed by atoms with Crippen molar-refractivity contribution in [3.63, 3.8) is 0 Å². The third kappa shape index (κ3) is 214. The molecule has 0 atom stereocenters. The van der Waals surface area contributed by atoms with Crippen LogP contribution in [0, 0.1) is 39.9 Å². The van der Waals surface area contributed by atoms with Gasteiger partial charge in [-0.1, -0.05) is 0 Å². The van der Waals surface area contributed by atoms with Crippen molar-refractivity contribution in [2.45, 2.75) is 0 Å². The van der Waals surface area contributed by atoms with Crippen LogP contribution in [0.5, 0.6) is 0 Å². The van der Waals surface area contributed by atoms with Crippen molar-refractivity contribution in [2.75, 3.05) is 0 Å². The molecular formula is H4O6STh+2. The van der Waals surface area contributed by atoms with Crippen molar-refractivity contribution in [3.8, 4) is 0 Å². The molecule has 0 aliphatic rings. The van der Waals surface area contributed by atoms with Crippen LogP contribution in [0.1, 0.15) is 0 Å². The van der Waals surface area contributed by atoms with Crippen LogP contribution in [0.15, 0.2) is 0 Å². The summed E-state index contributed by atoms with van der Waals surface area (Å²) in [6.45, 7) is 0. The molecule has 0 aromatic carbocycles. The maximum Gasteiger partial charge on any atom is 4.00 e. The quantitative estimate of drug-likeness (QED) is 0.334. The van der Waals surface area contributed by atoms with Crippen LogP contribution in [0.25, 0.3) is 0 Å². The summed E-state index contributed by atoms with van der Waals surface area (Å²) in [4.78, 5) is 0. The third-order valence-corrected chi connectivity index (χ3v) is 0. The van der Waals surface area contributed by atoms with E-state index in [0.29, 0.717) is 0 Å². The molecule has 0 aliphatic heterocycles. The third-order valence-electron chi connectivity index (χ3n) is 0. The topological polar surface area (TPSA) is 143 Å². The first kappa shape index (κ1) is 22.9. The molecule has 0 radical (unpaired) electrons. The van der Waals surface area contributed by atoms with Crippen LogP contribution in [-0.4, -0.2) is 28.5 Å². The van der Waals surface area contributed by atoms with E-state index >= 15 is 0 Å². The molecule has 0 spiro atoms. The minimum Gasteiger partial charge on any atom is -0.759 e. The Morgan fingerprint density at radius 1 is 1.00 bits per heavy atom. The molecule has 0 saturated heterocycles. The van der Waals surface area contributed by atoms with E-state index in [2.05, 4.69) is 0 Å². The number of hydrogen-bond acceptors (Lipinski definition) is 4. The first-order valence-electron chi connectivity index (χ1n) is 0.667. The van der Waals surface area contributed by atoms with Crippen molar-refractivity contribution in [1.29, 1.82) is 0 Å². The Labute approximate surface area is 78.2 Å². The smallest absolute Gasteiger partial charge is 0.759 e. The van der Waals surface area contributed by atoms with Crippen molar-refractivity contribution >= 4 is 10.4 Å². The second kappa shape index (κ2) is 8.11. The predicted molar refractivity (Wildman–Crippen MR) is 17.7 cm³/mol. The summed E-state index contributed by atoms with van der Waals surface area (Å²) in [5.41, 5.74) is 0. The molecule has 8 heavy (non-hydrogen) atoms. The number of rotatable bonds is 0. The standard InChI is InChI=1S/H2O4S.2H2O.Th/c1-5(2,3)4;;;/h(H2,1,2,3,4);2*1H2;/q;;;+4/p-2. The van der Waals surface area contributed by atoms with Crippen LogP contribution in [-0.2, 0) is 10.4 Å². The summed E-state index contributed by atoms with van der Waals surface area (Å²) >= 11 is 0. The molecule has 8 heteroatoms. The zero-order valence-corrected chi connectivity index (χ0v) is 8.47. The monoisotopic (exact) mass is 364 g/mol. The maximum absolute atomic E-state index is 8.52. The summed E-state index contributed by atoms with van der Waals surface area (Å²) in [6, 6.07) is 0. The molecule has 6 nitrogen and oxygen atoms in total. The first-order chi connectivity index (χ1) is 2.00. The van der Waals surface area contributed by atoms with E-state index in [1.165, 1.54) is 0 Å². The molecule has 0 unspecified atom stereocenters. The predicted octanol–water partition coefficient (Wildman–Crippen LogP) is -2.99. The average molecular weight is 364 g/mol.